The van der Waals surface area contributed by atoms with Gasteiger partial charge in [0.05, 0.1) is 19.8 Å². The van der Waals surface area contributed by atoms with E-state index in [1.165, 1.54) is 24.8 Å². The summed E-state index contributed by atoms with van der Waals surface area (Å²) in [5.74, 6) is -0.778. The number of aromatic hydroxyl groups is 1. The number of hydrogen-bond donors (Lipinski definition) is 3. The summed E-state index contributed by atoms with van der Waals surface area (Å²) in [6, 6.07) is 14.8. The van der Waals surface area contributed by atoms with Crippen molar-refractivity contribution in [2.75, 3.05) is 26.9 Å². The fourth-order valence-electron chi connectivity index (χ4n) is 3.63. The van der Waals surface area contributed by atoms with Gasteiger partial charge in [-0.2, -0.15) is 0 Å². The summed E-state index contributed by atoms with van der Waals surface area (Å²) in [7, 11) is 1.26. The zero-order chi connectivity index (χ0) is 23.2. The van der Waals surface area contributed by atoms with Gasteiger partial charge in [0, 0.05) is 12.6 Å². The molecule has 0 amide bonds. The average Bonchev–Trinajstić information content (AvgIpc) is 2.82. The SMILES string of the molecule is CCC(NCCCCCCOCCc1ccccc1)C(O)c1ccc(O)c(C(=O)OC)c1. The molecule has 0 saturated carbocycles. The second-order valence-corrected chi connectivity index (χ2v) is 7.94. The van der Waals surface area contributed by atoms with Crippen LogP contribution in [0.25, 0.3) is 0 Å². The monoisotopic (exact) mass is 443 g/mol. The van der Waals surface area contributed by atoms with Crippen molar-refractivity contribution in [3.8, 4) is 5.75 Å². The highest BCUT2D eigenvalue weighted by Crippen LogP contribution is 2.26. The number of aliphatic hydroxyl groups excluding tert-OH is 1. The third-order valence-electron chi connectivity index (χ3n) is 5.59. The Bertz CT molecular complexity index is 796. The van der Waals surface area contributed by atoms with E-state index in [-0.39, 0.29) is 17.4 Å². The number of esters is 1. The van der Waals surface area contributed by atoms with Crippen LogP contribution in [0.3, 0.4) is 0 Å². The molecule has 0 aliphatic carbocycles. The second kappa shape index (κ2) is 14.6. The van der Waals surface area contributed by atoms with E-state index in [0.29, 0.717) is 5.56 Å². The summed E-state index contributed by atoms with van der Waals surface area (Å²) < 4.78 is 10.4. The number of phenols is 1. The van der Waals surface area contributed by atoms with Crippen molar-refractivity contribution in [2.24, 2.45) is 0 Å². The van der Waals surface area contributed by atoms with Crippen molar-refractivity contribution in [3.63, 3.8) is 0 Å². The van der Waals surface area contributed by atoms with Gasteiger partial charge in [-0.15, -0.1) is 0 Å². The molecule has 2 rings (SSSR count). The van der Waals surface area contributed by atoms with E-state index in [0.717, 1.165) is 58.3 Å². The molecule has 2 unspecified atom stereocenters. The van der Waals surface area contributed by atoms with Crippen molar-refractivity contribution in [2.45, 2.75) is 57.6 Å². The van der Waals surface area contributed by atoms with E-state index in [9.17, 15) is 15.0 Å². The lowest BCUT2D eigenvalue weighted by Crippen LogP contribution is -2.35. The van der Waals surface area contributed by atoms with Gasteiger partial charge in [0.1, 0.15) is 11.3 Å². The van der Waals surface area contributed by atoms with Crippen LogP contribution in [-0.2, 0) is 15.9 Å². The summed E-state index contributed by atoms with van der Waals surface area (Å²) >= 11 is 0. The summed E-state index contributed by atoms with van der Waals surface area (Å²) in [5.41, 5.74) is 1.94. The molecule has 0 fully saturated rings. The maximum atomic E-state index is 11.8. The van der Waals surface area contributed by atoms with Gasteiger partial charge < -0.3 is 25.0 Å². The molecule has 0 heterocycles. The lowest BCUT2D eigenvalue weighted by atomic mass is 9.98. The zero-order valence-electron chi connectivity index (χ0n) is 19.3. The van der Waals surface area contributed by atoms with Crippen LogP contribution in [0.1, 0.15) is 66.6 Å². The minimum Gasteiger partial charge on any atom is -0.507 e. The molecule has 3 N–H and O–H groups in total. The normalized spacial score (nSPS) is 13.0. The molecular weight excluding hydrogens is 406 g/mol. The minimum atomic E-state index is -0.776. The predicted molar refractivity (Wildman–Crippen MR) is 126 cm³/mol. The molecule has 0 bridgehead atoms. The van der Waals surface area contributed by atoms with Crippen molar-refractivity contribution in [1.82, 2.24) is 5.32 Å². The van der Waals surface area contributed by atoms with Crippen LogP contribution in [0.4, 0.5) is 0 Å². The lowest BCUT2D eigenvalue weighted by molar-refractivity contribution is 0.0596. The minimum absolute atomic E-state index is 0.0601. The third-order valence-corrected chi connectivity index (χ3v) is 5.59. The molecule has 0 aliphatic heterocycles. The standard InChI is InChI=1S/C26H37NO5/c1-3-23(25(29)21-13-14-24(28)22(19-21)26(30)31-2)27-16-9-4-5-10-17-32-18-15-20-11-7-6-8-12-20/h6-8,11-14,19,23,25,27-29H,3-5,9-10,15-18H2,1-2H3. The van der Waals surface area contributed by atoms with Crippen molar-refractivity contribution >= 4 is 5.97 Å². The van der Waals surface area contributed by atoms with Crippen LogP contribution in [0, 0.1) is 0 Å². The molecule has 0 saturated heterocycles. The van der Waals surface area contributed by atoms with Crippen LogP contribution in [-0.4, -0.2) is 49.1 Å². The quantitative estimate of drug-likeness (QED) is 0.279. The molecular formula is C26H37NO5. The summed E-state index contributed by atoms with van der Waals surface area (Å²) in [6.45, 7) is 4.37. The Labute approximate surface area is 191 Å². The van der Waals surface area contributed by atoms with Crippen LogP contribution in [0.15, 0.2) is 48.5 Å². The van der Waals surface area contributed by atoms with E-state index < -0.39 is 12.1 Å². The number of unbranched alkanes of at least 4 members (excludes halogenated alkanes) is 3. The molecule has 32 heavy (non-hydrogen) atoms. The maximum absolute atomic E-state index is 11.8. The summed E-state index contributed by atoms with van der Waals surface area (Å²) in [6.07, 6.45) is 5.22. The Balaban J connectivity index is 1.61. The van der Waals surface area contributed by atoms with Crippen molar-refractivity contribution < 1.29 is 24.5 Å². The molecule has 0 spiro atoms. The lowest BCUT2D eigenvalue weighted by Gasteiger charge is -2.24. The van der Waals surface area contributed by atoms with Gasteiger partial charge in [0.15, 0.2) is 0 Å². The maximum Gasteiger partial charge on any atom is 0.341 e. The Morgan fingerprint density at radius 1 is 1.03 bits per heavy atom. The molecule has 2 atom stereocenters. The number of carbonyl (C=O) groups is 1. The van der Waals surface area contributed by atoms with Crippen LogP contribution < -0.4 is 5.32 Å². The number of phenolic OH excluding ortho intramolecular Hbond substituents is 1. The number of rotatable bonds is 15. The van der Waals surface area contributed by atoms with Gasteiger partial charge in [0.25, 0.3) is 0 Å². The fraction of sp³-hybridized carbons (Fsp3) is 0.500. The Morgan fingerprint density at radius 2 is 1.78 bits per heavy atom. The number of hydrogen-bond acceptors (Lipinski definition) is 6. The fourth-order valence-corrected chi connectivity index (χ4v) is 3.63. The topological polar surface area (TPSA) is 88.0 Å². The van der Waals surface area contributed by atoms with Gasteiger partial charge in [-0.05, 0) is 55.5 Å². The number of carbonyl (C=O) groups excluding carboxylic acids is 1. The summed E-state index contributed by atoms with van der Waals surface area (Å²) in [5, 5.41) is 24.0. The molecule has 2 aromatic carbocycles. The molecule has 6 nitrogen and oxygen atoms in total. The average molecular weight is 444 g/mol. The predicted octanol–water partition coefficient (Wildman–Crippen LogP) is 4.40. The first-order chi connectivity index (χ1) is 15.6. The number of methoxy groups -OCH3 is 1. The smallest absolute Gasteiger partial charge is 0.341 e. The molecule has 0 radical (unpaired) electrons. The summed E-state index contributed by atoms with van der Waals surface area (Å²) in [4.78, 5) is 11.8. The van der Waals surface area contributed by atoms with Crippen LogP contribution >= 0.6 is 0 Å². The highest BCUT2D eigenvalue weighted by atomic mass is 16.5. The molecule has 0 aliphatic rings. The Hall–Kier alpha value is -2.41. The first-order valence-corrected chi connectivity index (χ1v) is 11.5. The van der Waals surface area contributed by atoms with Gasteiger partial charge in [0.2, 0.25) is 0 Å². The molecule has 2 aromatic rings. The van der Waals surface area contributed by atoms with Crippen molar-refractivity contribution in [3.05, 3.63) is 65.2 Å². The van der Waals surface area contributed by atoms with Crippen LogP contribution in [0.5, 0.6) is 5.75 Å². The van der Waals surface area contributed by atoms with E-state index >= 15 is 0 Å². The first kappa shape index (κ1) is 25.8. The van der Waals surface area contributed by atoms with Gasteiger partial charge >= 0.3 is 5.97 Å². The largest absolute Gasteiger partial charge is 0.507 e. The van der Waals surface area contributed by atoms with E-state index in [1.54, 1.807) is 6.07 Å². The molecule has 0 aromatic heterocycles. The van der Waals surface area contributed by atoms with E-state index in [1.807, 2.05) is 13.0 Å². The number of ether oxygens (including phenoxy) is 2. The molecule has 176 valence electrons. The highest BCUT2D eigenvalue weighted by molar-refractivity contribution is 5.92. The van der Waals surface area contributed by atoms with Crippen LogP contribution in [0.2, 0.25) is 0 Å². The number of benzene rings is 2. The third kappa shape index (κ3) is 8.61. The first-order valence-electron chi connectivity index (χ1n) is 11.5. The van der Waals surface area contributed by atoms with Crippen molar-refractivity contribution in [1.29, 1.82) is 0 Å². The number of aliphatic hydroxyl groups is 1. The Morgan fingerprint density at radius 3 is 2.50 bits per heavy atom. The Kier molecular flexibility index (Phi) is 11.8. The number of nitrogens with one attached hydrogen (secondary N) is 1. The van der Waals surface area contributed by atoms with E-state index in [2.05, 4.69) is 34.3 Å². The second-order valence-electron chi connectivity index (χ2n) is 7.94. The zero-order valence-corrected chi connectivity index (χ0v) is 19.3. The van der Waals surface area contributed by atoms with Gasteiger partial charge in [-0.25, -0.2) is 4.79 Å². The van der Waals surface area contributed by atoms with E-state index in [4.69, 9.17) is 4.74 Å². The highest BCUT2D eigenvalue weighted by Gasteiger charge is 2.21. The molecule has 6 heteroatoms. The van der Waals surface area contributed by atoms with Gasteiger partial charge in [-0.1, -0.05) is 56.2 Å². The van der Waals surface area contributed by atoms with Gasteiger partial charge in [-0.3, -0.25) is 0 Å².